The Morgan fingerprint density at radius 3 is 2.39 bits per heavy atom. The average Bonchev–Trinajstić information content (AvgIpc) is 3.02. The summed E-state index contributed by atoms with van der Waals surface area (Å²) >= 11 is 0. The van der Waals surface area contributed by atoms with Crippen LogP contribution in [-0.4, -0.2) is 59.8 Å². The number of aromatic nitrogens is 1. The largest absolute Gasteiger partial charge is 0.465 e. The van der Waals surface area contributed by atoms with Crippen LogP contribution in [0.5, 0.6) is 0 Å². The molecule has 3 rings (SSSR count). The molecule has 0 saturated carbocycles. The van der Waals surface area contributed by atoms with Crippen LogP contribution in [0, 0.1) is 0 Å². The Morgan fingerprint density at radius 1 is 1.18 bits per heavy atom. The SMILES string of the molecule is COC(=O)c1cccc2oc(N3C(C)CN(C(=O)OC(C)(C)C)CC3C)nc12. The van der Waals surface area contributed by atoms with Gasteiger partial charge in [0, 0.05) is 25.2 Å². The summed E-state index contributed by atoms with van der Waals surface area (Å²) in [7, 11) is 1.34. The number of carbonyl (C=O) groups is 2. The molecule has 1 fully saturated rings. The van der Waals surface area contributed by atoms with Crippen LogP contribution in [0.15, 0.2) is 22.6 Å². The first-order valence-electron chi connectivity index (χ1n) is 9.35. The molecule has 8 heteroatoms. The van der Waals surface area contributed by atoms with E-state index < -0.39 is 11.6 Å². The van der Waals surface area contributed by atoms with Gasteiger partial charge in [0.15, 0.2) is 5.58 Å². The molecule has 8 nitrogen and oxygen atoms in total. The van der Waals surface area contributed by atoms with Crippen LogP contribution in [0.1, 0.15) is 45.0 Å². The molecule has 1 aliphatic rings. The predicted octanol–water partition coefficient (Wildman–Crippen LogP) is 3.45. The van der Waals surface area contributed by atoms with Gasteiger partial charge in [0.25, 0.3) is 6.01 Å². The van der Waals surface area contributed by atoms with E-state index >= 15 is 0 Å². The summed E-state index contributed by atoms with van der Waals surface area (Å²) in [5, 5.41) is 0. The second-order valence-electron chi connectivity index (χ2n) is 8.13. The smallest absolute Gasteiger partial charge is 0.410 e. The van der Waals surface area contributed by atoms with Crippen molar-refractivity contribution in [2.75, 3.05) is 25.1 Å². The molecule has 1 aromatic heterocycles. The second kappa shape index (κ2) is 7.33. The third kappa shape index (κ3) is 3.90. The van der Waals surface area contributed by atoms with Crippen LogP contribution in [0.2, 0.25) is 0 Å². The number of nitrogens with zero attached hydrogens (tertiary/aromatic N) is 3. The number of anilines is 1. The number of para-hydroxylation sites is 1. The number of methoxy groups -OCH3 is 1. The monoisotopic (exact) mass is 389 g/mol. The van der Waals surface area contributed by atoms with Crippen LogP contribution >= 0.6 is 0 Å². The fraction of sp³-hybridized carbons (Fsp3) is 0.550. The van der Waals surface area contributed by atoms with Gasteiger partial charge in [-0.05, 0) is 46.8 Å². The number of rotatable bonds is 2. The number of ether oxygens (including phenoxy) is 2. The van der Waals surface area contributed by atoms with E-state index in [2.05, 4.69) is 4.98 Å². The van der Waals surface area contributed by atoms with E-state index in [1.807, 2.05) is 39.5 Å². The molecule has 152 valence electrons. The zero-order valence-electron chi connectivity index (χ0n) is 17.2. The molecular weight excluding hydrogens is 362 g/mol. The number of oxazole rings is 1. The minimum atomic E-state index is -0.536. The number of amides is 1. The Bertz CT molecular complexity index is 874. The number of fused-ring (bicyclic) bond motifs is 1. The highest BCUT2D eigenvalue weighted by Gasteiger charge is 2.36. The molecule has 2 aromatic rings. The van der Waals surface area contributed by atoms with Crippen LogP contribution in [0.4, 0.5) is 10.8 Å². The molecule has 1 amide bonds. The Hall–Kier alpha value is -2.77. The van der Waals surface area contributed by atoms with Gasteiger partial charge in [-0.1, -0.05) is 6.07 Å². The number of benzene rings is 1. The van der Waals surface area contributed by atoms with Crippen molar-refractivity contribution >= 4 is 29.2 Å². The van der Waals surface area contributed by atoms with Crippen LogP contribution in [-0.2, 0) is 9.47 Å². The van der Waals surface area contributed by atoms with Gasteiger partial charge in [0.2, 0.25) is 0 Å². The molecule has 0 bridgehead atoms. The van der Waals surface area contributed by atoms with Gasteiger partial charge in [-0.15, -0.1) is 0 Å². The van der Waals surface area contributed by atoms with Gasteiger partial charge in [-0.3, -0.25) is 0 Å². The van der Waals surface area contributed by atoms with Gasteiger partial charge in [-0.2, -0.15) is 4.98 Å². The molecule has 0 spiro atoms. The van der Waals surface area contributed by atoms with E-state index in [1.165, 1.54) is 7.11 Å². The first-order valence-corrected chi connectivity index (χ1v) is 9.35. The standard InChI is InChI=1S/C20H27N3O5/c1-12-10-22(19(25)28-20(3,4)5)11-13(2)23(12)18-21-16-14(17(24)26-6)8-7-9-15(16)27-18/h7-9,12-13H,10-11H2,1-6H3. The fourth-order valence-electron chi connectivity index (χ4n) is 3.50. The van der Waals surface area contributed by atoms with E-state index in [9.17, 15) is 9.59 Å². The van der Waals surface area contributed by atoms with E-state index in [0.29, 0.717) is 35.8 Å². The zero-order valence-corrected chi connectivity index (χ0v) is 17.2. The minimum Gasteiger partial charge on any atom is -0.465 e. The van der Waals surface area contributed by atoms with Gasteiger partial charge in [0.05, 0.1) is 12.7 Å². The minimum absolute atomic E-state index is 0.0362. The lowest BCUT2D eigenvalue weighted by atomic mass is 10.1. The first-order chi connectivity index (χ1) is 13.1. The number of esters is 1. The maximum atomic E-state index is 12.4. The Balaban J connectivity index is 1.85. The molecule has 28 heavy (non-hydrogen) atoms. The summed E-state index contributed by atoms with van der Waals surface area (Å²) in [6, 6.07) is 5.52. The number of hydrogen-bond donors (Lipinski definition) is 0. The average molecular weight is 389 g/mol. The lowest BCUT2D eigenvalue weighted by Crippen LogP contribution is -2.59. The predicted molar refractivity (Wildman–Crippen MR) is 105 cm³/mol. The molecule has 1 saturated heterocycles. The molecule has 0 radical (unpaired) electrons. The highest BCUT2D eigenvalue weighted by molar-refractivity contribution is 6.01. The van der Waals surface area contributed by atoms with Crippen molar-refractivity contribution < 1.29 is 23.5 Å². The molecular formula is C20H27N3O5. The van der Waals surface area contributed by atoms with E-state index in [0.717, 1.165) is 0 Å². The third-order valence-electron chi connectivity index (χ3n) is 4.60. The van der Waals surface area contributed by atoms with Crippen molar-refractivity contribution in [1.82, 2.24) is 9.88 Å². The Labute approximate surface area is 164 Å². The van der Waals surface area contributed by atoms with Crippen molar-refractivity contribution in [3.8, 4) is 0 Å². The lowest BCUT2D eigenvalue weighted by molar-refractivity contribution is 0.0189. The molecule has 2 unspecified atom stereocenters. The highest BCUT2D eigenvalue weighted by Crippen LogP contribution is 2.30. The molecule has 0 N–H and O–H groups in total. The summed E-state index contributed by atoms with van der Waals surface area (Å²) in [6.45, 7) is 10.5. The van der Waals surface area contributed by atoms with Crippen molar-refractivity contribution in [2.24, 2.45) is 0 Å². The highest BCUT2D eigenvalue weighted by atomic mass is 16.6. The van der Waals surface area contributed by atoms with Gasteiger partial charge < -0.3 is 23.7 Å². The Morgan fingerprint density at radius 2 is 1.82 bits per heavy atom. The third-order valence-corrected chi connectivity index (χ3v) is 4.60. The summed E-state index contributed by atoms with van der Waals surface area (Å²) in [6.07, 6.45) is -0.323. The van der Waals surface area contributed by atoms with Crippen molar-refractivity contribution in [1.29, 1.82) is 0 Å². The van der Waals surface area contributed by atoms with Gasteiger partial charge >= 0.3 is 12.1 Å². The molecule has 2 heterocycles. The van der Waals surface area contributed by atoms with E-state index in [-0.39, 0.29) is 18.2 Å². The quantitative estimate of drug-likeness (QED) is 0.727. The van der Waals surface area contributed by atoms with Crippen LogP contribution in [0.3, 0.4) is 0 Å². The molecule has 1 aliphatic heterocycles. The molecule has 0 aliphatic carbocycles. The van der Waals surface area contributed by atoms with Gasteiger partial charge in [0.1, 0.15) is 11.1 Å². The van der Waals surface area contributed by atoms with E-state index in [1.54, 1.807) is 23.1 Å². The second-order valence-corrected chi connectivity index (χ2v) is 8.13. The van der Waals surface area contributed by atoms with Crippen molar-refractivity contribution in [3.63, 3.8) is 0 Å². The Kier molecular flexibility index (Phi) is 5.23. The summed E-state index contributed by atoms with van der Waals surface area (Å²) in [4.78, 5) is 32.7. The lowest BCUT2D eigenvalue weighted by Gasteiger charge is -2.43. The topological polar surface area (TPSA) is 85.1 Å². The number of hydrogen-bond acceptors (Lipinski definition) is 7. The summed E-state index contributed by atoms with van der Waals surface area (Å²) in [5.41, 5.74) is 0.818. The summed E-state index contributed by atoms with van der Waals surface area (Å²) in [5.74, 6) is -0.457. The van der Waals surface area contributed by atoms with E-state index in [4.69, 9.17) is 13.9 Å². The van der Waals surface area contributed by atoms with Crippen molar-refractivity contribution in [3.05, 3.63) is 23.8 Å². The zero-order chi connectivity index (χ0) is 20.6. The first kappa shape index (κ1) is 20.0. The fourth-order valence-corrected chi connectivity index (χ4v) is 3.50. The van der Waals surface area contributed by atoms with Gasteiger partial charge in [-0.25, -0.2) is 9.59 Å². The number of carbonyl (C=O) groups excluding carboxylic acids is 2. The summed E-state index contributed by atoms with van der Waals surface area (Å²) < 4.78 is 16.3. The van der Waals surface area contributed by atoms with Crippen LogP contribution in [0.25, 0.3) is 11.1 Å². The van der Waals surface area contributed by atoms with Crippen LogP contribution < -0.4 is 4.90 Å². The number of piperazine rings is 1. The molecule has 2 atom stereocenters. The van der Waals surface area contributed by atoms with Crippen molar-refractivity contribution in [2.45, 2.75) is 52.3 Å². The molecule has 1 aromatic carbocycles. The normalized spacial score (nSPS) is 20.4. The maximum absolute atomic E-state index is 12.4. The maximum Gasteiger partial charge on any atom is 0.410 e.